The Morgan fingerprint density at radius 2 is 2.20 bits per heavy atom. The molecule has 0 radical (unpaired) electrons. The summed E-state index contributed by atoms with van der Waals surface area (Å²) in [5, 5.41) is 13.9. The Balaban J connectivity index is 2.13. The summed E-state index contributed by atoms with van der Waals surface area (Å²) < 4.78 is 7.01. The monoisotopic (exact) mass is 272 g/mol. The highest BCUT2D eigenvalue weighted by Crippen LogP contribution is 2.23. The van der Waals surface area contributed by atoms with Gasteiger partial charge < -0.3 is 19.9 Å². The van der Waals surface area contributed by atoms with Crippen LogP contribution in [0.5, 0.6) is 0 Å². The molecule has 0 aliphatic heterocycles. The number of imidazole rings is 1. The van der Waals surface area contributed by atoms with E-state index >= 15 is 0 Å². The first-order chi connectivity index (χ1) is 9.54. The van der Waals surface area contributed by atoms with Crippen molar-refractivity contribution in [2.24, 2.45) is 0 Å². The van der Waals surface area contributed by atoms with Gasteiger partial charge in [0.05, 0.1) is 17.6 Å². The molecule has 6 nitrogen and oxygen atoms in total. The molecule has 1 aromatic carbocycles. The van der Waals surface area contributed by atoms with Crippen molar-refractivity contribution >= 4 is 16.7 Å². The second-order valence-electron chi connectivity index (χ2n) is 4.91. The maximum atomic E-state index is 9.90. The minimum atomic E-state index is -0.670. The molecule has 1 unspecified atom stereocenters. The smallest absolute Gasteiger partial charge is 0.138 e. The van der Waals surface area contributed by atoms with E-state index in [-0.39, 0.29) is 0 Å². The van der Waals surface area contributed by atoms with E-state index in [1.165, 1.54) is 0 Å². The lowest BCUT2D eigenvalue weighted by molar-refractivity contribution is 0.185. The number of hydrogen-bond donors (Lipinski definition) is 2. The van der Waals surface area contributed by atoms with Gasteiger partial charge in [0.2, 0.25) is 0 Å². The van der Waals surface area contributed by atoms with Crippen molar-refractivity contribution in [3.05, 3.63) is 41.5 Å². The van der Waals surface area contributed by atoms with Crippen LogP contribution in [-0.4, -0.2) is 19.8 Å². The average molecular weight is 272 g/mol. The van der Waals surface area contributed by atoms with E-state index in [4.69, 9.17) is 10.3 Å². The van der Waals surface area contributed by atoms with E-state index in [9.17, 15) is 5.11 Å². The summed E-state index contributed by atoms with van der Waals surface area (Å²) in [7, 11) is 0. The summed E-state index contributed by atoms with van der Waals surface area (Å²) >= 11 is 0. The number of hydrogen-bond acceptors (Lipinski definition) is 5. The average Bonchev–Trinajstić information content (AvgIpc) is 2.94. The van der Waals surface area contributed by atoms with E-state index in [2.05, 4.69) is 10.1 Å². The molecule has 0 aliphatic carbocycles. The van der Waals surface area contributed by atoms with Crippen molar-refractivity contribution in [1.29, 1.82) is 0 Å². The third-order valence-electron chi connectivity index (χ3n) is 3.17. The summed E-state index contributed by atoms with van der Waals surface area (Å²) in [6, 6.07) is 7.39. The molecule has 0 bridgehead atoms. The number of nitrogens with zero attached hydrogens (tertiary/aromatic N) is 3. The van der Waals surface area contributed by atoms with Crippen LogP contribution in [0.25, 0.3) is 11.0 Å². The molecule has 3 aromatic rings. The molecular formula is C14H16N4O2. The lowest BCUT2D eigenvalue weighted by atomic mass is 10.2. The molecular weight excluding hydrogens is 256 g/mol. The van der Waals surface area contributed by atoms with Crippen molar-refractivity contribution < 1.29 is 9.63 Å². The van der Waals surface area contributed by atoms with Gasteiger partial charge in [-0.3, -0.25) is 0 Å². The predicted molar refractivity (Wildman–Crippen MR) is 75.1 cm³/mol. The normalized spacial score (nSPS) is 12.9. The summed E-state index contributed by atoms with van der Waals surface area (Å²) in [5.41, 5.74) is 8.90. The molecule has 3 rings (SSSR count). The van der Waals surface area contributed by atoms with Crippen LogP contribution >= 0.6 is 0 Å². The zero-order valence-electron chi connectivity index (χ0n) is 11.4. The Bertz CT molecular complexity index is 758. The fraction of sp³-hybridized carbons (Fsp3) is 0.286. The maximum absolute atomic E-state index is 9.90. The van der Waals surface area contributed by atoms with E-state index in [0.29, 0.717) is 18.1 Å². The van der Waals surface area contributed by atoms with Gasteiger partial charge in [-0.1, -0.05) is 5.16 Å². The minimum absolute atomic E-state index is 0.498. The Labute approximate surface area is 115 Å². The summed E-state index contributed by atoms with van der Waals surface area (Å²) in [5.74, 6) is 1.35. The highest BCUT2D eigenvalue weighted by atomic mass is 16.5. The van der Waals surface area contributed by atoms with Crippen molar-refractivity contribution in [3.63, 3.8) is 0 Å². The molecule has 1 atom stereocenters. The molecule has 2 aromatic heterocycles. The molecule has 0 aliphatic rings. The Morgan fingerprint density at radius 1 is 1.40 bits per heavy atom. The highest BCUT2D eigenvalue weighted by Gasteiger charge is 2.16. The van der Waals surface area contributed by atoms with Crippen LogP contribution in [0.2, 0.25) is 0 Å². The van der Waals surface area contributed by atoms with Crippen LogP contribution in [-0.2, 0) is 6.54 Å². The van der Waals surface area contributed by atoms with E-state index in [1.54, 1.807) is 13.0 Å². The van der Waals surface area contributed by atoms with Crippen LogP contribution in [0, 0.1) is 6.92 Å². The molecule has 3 N–H and O–H groups in total. The lowest BCUT2D eigenvalue weighted by Gasteiger charge is -2.09. The molecule has 2 heterocycles. The second-order valence-corrected chi connectivity index (χ2v) is 4.91. The number of nitrogens with two attached hydrogens (primary N) is 1. The summed E-state index contributed by atoms with van der Waals surface area (Å²) in [6.07, 6.45) is -0.670. The van der Waals surface area contributed by atoms with Gasteiger partial charge in [0.25, 0.3) is 0 Å². The van der Waals surface area contributed by atoms with E-state index < -0.39 is 6.10 Å². The van der Waals surface area contributed by atoms with E-state index in [1.807, 2.05) is 29.7 Å². The maximum Gasteiger partial charge on any atom is 0.138 e. The molecule has 0 spiro atoms. The summed E-state index contributed by atoms with van der Waals surface area (Å²) in [4.78, 5) is 4.45. The van der Waals surface area contributed by atoms with Crippen molar-refractivity contribution in [2.75, 3.05) is 5.73 Å². The first-order valence-corrected chi connectivity index (χ1v) is 6.40. The molecule has 0 amide bonds. The van der Waals surface area contributed by atoms with Crippen LogP contribution in [0.3, 0.4) is 0 Å². The molecule has 0 fully saturated rings. The van der Waals surface area contributed by atoms with Crippen LogP contribution in [0.4, 0.5) is 5.69 Å². The topological polar surface area (TPSA) is 90.1 Å². The van der Waals surface area contributed by atoms with Crippen molar-refractivity contribution in [1.82, 2.24) is 14.7 Å². The Kier molecular flexibility index (Phi) is 2.94. The molecule has 104 valence electrons. The highest BCUT2D eigenvalue weighted by molar-refractivity contribution is 5.79. The summed E-state index contributed by atoms with van der Waals surface area (Å²) in [6.45, 7) is 4.03. The zero-order valence-corrected chi connectivity index (χ0v) is 11.4. The van der Waals surface area contributed by atoms with Crippen LogP contribution in [0.15, 0.2) is 28.8 Å². The molecule has 20 heavy (non-hydrogen) atoms. The number of aliphatic hydroxyl groups excluding tert-OH is 1. The number of anilines is 1. The molecule has 6 heteroatoms. The fourth-order valence-corrected chi connectivity index (χ4v) is 2.31. The van der Waals surface area contributed by atoms with Gasteiger partial charge in [-0.15, -0.1) is 0 Å². The van der Waals surface area contributed by atoms with Gasteiger partial charge in [0.15, 0.2) is 0 Å². The van der Waals surface area contributed by atoms with Crippen LogP contribution < -0.4 is 5.73 Å². The van der Waals surface area contributed by atoms with Gasteiger partial charge in [-0.05, 0) is 32.0 Å². The van der Waals surface area contributed by atoms with Crippen molar-refractivity contribution in [2.45, 2.75) is 26.5 Å². The number of aliphatic hydroxyl groups is 1. The Hall–Kier alpha value is -2.34. The van der Waals surface area contributed by atoms with Gasteiger partial charge in [-0.25, -0.2) is 4.98 Å². The van der Waals surface area contributed by atoms with Gasteiger partial charge in [0, 0.05) is 11.8 Å². The first-order valence-electron chi connectivity index (χ1n) is 6.40. The second kappa shape index (κ2) is 4.64. The fourth-order valence-electron chi connectivity index (χ4n) is 2.31. The van der Waals surface area contributed by atoms with Crippen LogP contribution in [0.1, 0.15) is 30.3 Å². The Morgan fingerprint density at radius 3 is 2.85 bits per heavy atom. The predicted octanol–water partition coefficient (Wildman–Crippen LogP) is 2.02. The molecule has 0 saturated carbocycles. The number of fused-ring (bicyclic) bond motifs is 1. The first kappa shape index (κ1) is 12.7. The standard InChI is InChI=1S/C14H16N4O2/c1-8-5-11(17-20-8)7-18-13-4-3-10(15)6-12(13)16-14(18)9(2)19/h3-6,9,19H,7,15H2,1-2H3. The lowest BCUT2D eigenvalue weighted by Crippen LogP contribution is -2.08. The van der Waals surface area contributed by atoms with Gasteiger partial charge in [0.1, 0.15) is 23.4 Å². The number of rotatable bonds is 3. The quantitative estimate of drug-likeness (QED) is 0.712. The zero-order chi connectivity index (χ0) is 14.3. The number of benzene rings is 1. The minimum Gasteiger partial charge on any atom is -0.399 e. The number of aryl methyl sites for hydroxylation is 1. The molecule has 0 saturated heterocycles. The van der Waals surface area contributed by atoms with Gasteiger partial charge >= 0.3 is 0 Å². The number of aromatic nitrogens is 3. The third kappa shape index (κ3) is 2.14. The van der Waals surface area contributed by atoms with E-state index in [0.717, 1.165) is 22.5 Å². The number of nitrogen functional groups attached to an aromatic ring is 1. The van der Waals surface area contributed by atoms with Crippen molar-refractivity contribution in [3.8, 4) is 0 Å². The third-order valence-corrected chi connectivity index (χ3v) is 3.17. The largest absolute Gasteiger partial charge is 0.399 e. The van der Waals surface area contributed by atoms with Gasteiger partial charge in [-0.2, -0.15) is 0 Å². The SMILES string of the molecule is Cc1cc(Cn2c(C(C)O)nc3cc(N)ccc32)no1.